The van der Waals surface area contributed by atoms with Gasteiger partial charge in [-0.3, -0.25) is 0 Å². The second kappa shape index (κ2) is 4.55. The zero-order chi connectivity index (χ0) is 13.4. The molecule has 3 N–H and O–H groups in total. The van der Waals surface area contributed by atoms with Crippen LogP contribution in [0.25, 0.3) is 11.1 Å². The van der Waals surface area contributed by atoms with Gasteiger partial charge < -0.3 is 15.2 Å². The van der Waals surface area contributed by atoms with E-state index < -0.39 is 12.1 Å². The fourth-order valence-electron chi connectivity index (χ4n) is 2.80. The molecule has 1 aliphatic carbocycles. The van der Waals surface area contributed by atoms with E-state index in [1.54, 1.807) is 0 Å². The number of H-pyrrole nitrogens is 1. The van der Waals surface area contributed by atoms with E-state index >= 15 is 0 Å². The Kier molecular flexibility index (Phi) is 2.87. The molecule has 4 nitrogen and oxygen atoms in total. The fraction of sp³-hybridized carbons (Fsp3) is 0.267. The summed E-state index contributed by atoms with van der Waals surface area (Å²) in [5, 5.41) is 19.4. The van der Waals surface area contributed by atoms with Crippen LogP contribution < -0.4 is 0 Å². The molecule has 0 aliphatic heterocycles. The summed E-state index contributed by atoms with van der Waals surface area (Å²) < 4.78 is 0. The van der Waals surface area contributed by atoms with Crippen LogP contribution in [0.15, 0.2) is 30.3 Å². The highest BCUT2D eigenvalue weighted by atomic mass is 16.4. The Morgan fingerprint density at radius 1 is 1.26 bits per heavy atom. The number of carboxylic acids is 1. The van der Waals surface area contributed by atoms with Crippen molar-refractivity contribution < 1.29 is 15.0 Å². The monoisotopic (exact) mass is 257 g/mol. The summed E-state index contributed by atoms with van der Waals surface area (Å²) >= 11 is 0. The number of aliphatic hydroxyl groups excluding tert-OH is 1. The largest absolute Gasteiger partial charge is 0.477 e. The van der Waals surface area contributed by atoms with Crippen LogP contribution in [-0.4, -0.2) is 21.2 Å². The summed E-state index contributed by atoms with van der Waals surface area (Å²) in [7, 11) is 0. The third kappa shape index (κ3) is 1.94. The van der Waals surface area contributed by atoms with Crippen LogP contribution in [0.2, 0.25) is 0 Å². The number of hydrogen-bond acceptors (Lipinski definition) is 2. The number of carbonyl (C=O) groups is 1. The summed E-state index contributed by atoms with van der Waals surface area (Å²) in [4.78, 5) is 14.3. The van der Waals surface area contributed by atoms with Gasteiger partial charge in [0, 0.05) is 11.3 Å². The zero-order valence-electron chi connectivity index (χ0n) is 10.4. The van der Waals surface area contributed by atoms with E-state index in [-0.39, 0.29) is 5.69 Å². The van der Waals surface area contributed by atoms with Gasteiger partial charge in [0.2, 0.25) is 0 Å². The highest BCUT2D eigenvalue weighted by molar-refractivity contribution is 5.96. The van der Waals surface area contributed by atoms with E-state index in [9.17, 15) is 15.0 Å². The van der Waals surface area contributed by atoms with Crippen molar-refractivity contribution >= 4 is 5.97 Å². The third-order valence-corrected chi connectivity index (χ3v) is 3.65. The molecule has 1 aliphatic rings. The maximum Gasteiger partial charge on any atom is 0.352 e. The zero-order valence-corrected chi connectivity index (χ0v) is 10.4. The standard InChI is InChI=1S/C15H15NO3/c17-11-8-4-7-10-12(9-5-2-1-3-6-9)14(15(18)19)16-13(10)11/h1-3,5-6,11,16-17H,4,7-8H2,(H,18,19). The lowest BCUT2D eigenvalue weighted by Gasteiger charge is -2.18. The Balaban J connectivity index is 2.25. The Hall–Kier alpha value is -2.07. The molecule has 98 valence electrons. The summed E-state index contributed by atoms with van der Waals surface area (Å²) in [6.07, 6.45) is 1.78. The fourth-order valence-corrected chi connectivity index (χ4v) is 2.80. The van der Waals surface area contributed by atoms with Crippen molar-refractivity contribution in [2.24, 2.45) is 0 Å². The molecule has 2 aromatic rings. The molecule has 1 unspecified atom stereocenters. The SMILES string of the molecule is O=C(O)c1[nH]c2c(c1-c1ccccc1)CCCC2O. The number of fused-ring (bicyclic) bond motifs is 1. The first-order valence-electron chi connectivity index (χ1n) is 6.40. The molecule has 0 radical (unpaired) electrons. The summed E-state index contributed by atoms with van der Waals surface area (Å²) in [6.45, 7) is 0. The average molecular weight is 257 g/mol. The molecule has 0 spiro atoms. The van der Waals surface area contributed by atoms with E-state index in [0.29, 0.717) is 12.1 Å². The molecular formula is C15H15NO3. The predicted octanol–water partition coefficient (Wildman–Crippen LogP) is 2.75. The van der Waals surface area contributed by atoms with Crippen molar-refractivity contribution in [3.8, 4) is 11.1 Å². The lowest BCUT2D eigenvalue weighted by Crippen LogP contribution is -2.08. The number of hydrogen-bond donors (Lipinski definition) is 3. The Bertz CT molecular complexity index is 616. The second-order valence-corrected chi connectivity index (χ2v) is 4.85. The summed E-state index contributed by atoms with van der Waals surface area (Å²) in [6, 6.07) is 9.48. The van der Waals surface area contributed by atoms with Gasteiger partial charge in [-0.15, -0.1) is 0 Å². The molecule has 3 rings (SSSR count). The molecule has 0 bridgehead atoms. The number of aromatic carboxylic acids is 1. The van der Waals surface area contributed by atoms with Crippen LogP contribution in [0.3, 0.4) is 0 Å². The first kappa shape index (κ1) is 12.0. The van der Waals surface area contributed by atoms with Crippen LogP contribution in [0.1, 0.15) is 40.7 Å². The Morgan fingerprint density at radius 2 is 2.00 bits per heavy atom. The van der Waals surface area contributed by atoms with Crippen molar-refractivity contribution in [1.29, 1.82) is 0 Å². The first-order valence-corrected chi connectivity index (χ1v) is 6.40. The van der Waals surface area contributed by atoms with Gasteiger partial charge >= 0.3 is 5.97 Å². The predicted molar refractivity (Wildman–Crippen MR) is 71.1 cm³/mol. The van der Waals surface area contributed by atoms with Gasteiger partial charge in [-0.1, -0.05) is 30.3 Å². The minimum atomic E-state index is -0.986. The number of aliphatic hydroxyl groups is 1. The van der Waals surface area contributed by atoms with Gasteiger partial charge in [-0.05, 0) is 30.4 Å². The lowest BCUT2D eigenvalue weighted by molar-refractivity contribution is 0.0691. The van der Waals surface area contributed by atoms with Crippen molar-refractivity contribution in [2.75, 3.05) is 0 Å². The molecule has 19 heavy (non-hydrogen) atoms. The minimum absolute atomic E-state index is 0.178. The van der Waals surface area contributed by atoms with Crippen LogP contribution in [0.4, 0.5) is 0 Å². The maximum atomic E-state index is 11.4. The number of carboxylic acid groups (broad SMARTS) is 1. The Labute approximate surface area is 110 Å². The second-order valence-electron chi connectivity index (χ2n) is 4.85. The van der Waals surface area contributed by atoms with Gasteiger partial charge in [-0.25, -0.2) is 4.79 Å². The van der Waals surface area contributed by atoms with Gasteiger partial charge in [-0.2, -0.15) is 0 Å². The van der Waals surface area contributed by atoms with Gasteiger partial charge in [0.1, 0.15) is 5.69 Å². The summed E-state index contributed by atoms with van der Waals surface area (Å²) in [5.74, 6) is -0.986. The molecule has 1 heterocycles. The van der Waals surface area contributed by atoms with Crippen LogP contribution in [0, 0.1) is 0 Å². The van der Waals surface area contributed by atoms with Crippen molar-refractivity contribution in [2.45, 2.75) is 25.4 Å². The Morgan fingerprint density at radius 3 is 2.68 bits per heavy atom. The molecule has 4 heteroatoms. The molecule has 0 saturated carbocycles. The summed E-state index contributed by atoms with van der Waals surface area (Å²) in [5.41, 5.74) is 3.40. The van der Waals surface area contributed by atoms with E-state index in [1.807, 2.05) is 30.3 Å². The minimum Gasteiger partial charge on any atom is -0.477 e. The van der Waals surface area contributed by atoms with E-state index in [2.05, 4.69) is 4.98 Å². The van der Waals surface area contributed by atoms with Crippen LogP contribution >= 0.6 is 0 Å². The van der Waals surface area contributed by atoms with E-state index in [1.165, 1.54) is 0 Å². The number of nitrogens with one attached hydrogen (secondary N) is 1. The van der Waals surface area contributed by atoms with E-state index in [0.717, 1.165) is 29.5 Å². The van der Waals surface area contributed by atoms with Crippen molar-refractivity contribution in [1.82, 2.24) is 4.98 Å². The third-order valence-electron chi connectivity index (χ3n) is 3.65. The van der Waals surface area contributed by atoms with Crippen LogP contribution in [-0.2, 0) is 6.42 Å². The molecule has 0 fully saturated rings. The number of benzene rings is 1. The van der Waals surface area contributed by atoms with Gasteiger partial charge in [0.05, 0.1) is 6.10 Å². The highest BCUT2D eigenvalue weighted by Gasteiger charge is 2.28. The van der Waals surface area contributed by atoms with Crippen molar-refractivity contribution in [3.05, 3.63) is 47.3 Å². The lowest BCUT2D eigenvalue weighted by atomic mass is 9.90. The quantitative estimate of drug-likeness (QED) is 0.774. The van der Waals surface area contributed by atoms with Crippen LogP contribution in [0.5, 0.6) is 0 Å². The molecule has 1 aromatic carbocycles. The molecular weight excluding hydrogens is 242 g/mol. The molecule has 1 atom stereocenters. The topological polar surface area (TPSA) is 73.3 Å². The highest BCUT2D eigenvalue weighted by Crippen LogP contribution is 2.38. The van der Waals surface area contributed by atoms with Gasteiger partial charge in [0.15, 0.2) is 0 Å². The van der Waals surface area contributed by atoms with Crippen molar-refractivity contribution in [3.63, 3.8) is 0 Å². The molecule has 0 saturated heterocycles. The number of aromatic nitrogens is 1. The molecule has 0 amide bonds. The number of aromatic amines is 1. The van der Waals surface area contributed by atoms with E-state index in [4.69, 9.17) is 0 Å². The average Bonchev–Trinajstić information content (AvgIpc) is 2.81. The maximum absolute atomic E-state index is 11.4. The smallest absolute Gasteiger partial charge is 0.352 e. The van der Waals surface area contributed by atoms with Gasteiger partial charge in [0.25, 0.3) is 0 Å². The number of rotatable bonds is 2. The molecule has 1 aromatic heterocycles. The first-order chi connectivity index (χ1) is 9.18. The normalized spacial score (nSPS) is 18.1.